The molecule has 1 heterocycles. The molecular formula is C14H14IN3O. The highest BCUT2D eigenvalue weighted by atomic mass is 127. The molecule has 1 aliphatic carbocycles. The van der Waals surface area contributed by atoms with Gasteiger partial charge in [0.2, 0.25) is 0 Å². The van der Waals surface area contributed by atoms with E-state index in [1.165, 1.54) is 12.8 Å². The molecule has 2 aromatic rings. The van der Waals surface area contributed by atoms with Crippen molar-refractivity contribution in [2.75, 3.05) is 12.4 Å². The molecule has 0 saturated heterocycles. The van der Waals surface area contributed by atoms with E-state index in [9.17, 15) is 5.11 Å². The quantitative estimate of drug-likeness (QED) is 0.817. The lowest BCUT2D eigenvalue weighted by Gasteiger charge is -2.11. The van der Waals surface area contributed by atoms with E-state index < -0.39 is 0 Å². The van der Waals surface area contributed by atoms with Crippen molar-refractivity contribution >= 4 is 28.4 Å². The monoisotopic (exact) mass is 367 g/mol. The molecule has 0 amide bonds. The van der Waals surface area contributed by atoms with E-state index in [1.807, 2.05) is 19.2 Å². The first-order chi connectivity index (χ1) is 9.19. The molecule has 0 atom stereocenters. The van der Waals surface area contributed by atoms with E-state index in [2.05, 4.69) is 37.9 Å². The van der Waals surface area contributed by atoms with Crippen LogP contribution >= 0.6 is 22.6 Å². The number of phenolic OH excluding ortho intramolecular Hbond substituents is 1. The van der Waals surface area contributed by atoms with Crippen LogP contribution < -0.4 is 5.32 Å². The minimum atomic E-state index is 0.235. The maximum Gasteiger partial charge on any atom is 0.161 e. The van der Waals surface area contributed by atoms with Crippen LogP contribution in [0.2, 0.25) is 0 Å². The molecule has 5 heteroatoms. The van der Waals surface area contributed by atoms with Gasteiger partial charge in [-0.3, -0.25) is 0 Å². The van der Waals surface area contributed by atoms with E-state index in [-0.39, 0.29) is 5.75 Å². The normalized spacial score (nSPS) is 14.4. The Bertz CT molecular complexity index is 626. The number of halogens is 1. The summed E-state index contributed by atoms with van der Waals surface area (Å²) in [7, 11) is 1.87. The van der Waals surface area contributed by atoms with Crippen LogP contribution in [0.4, 0.5) is 5.82 Å². The van der Waals surface area contributed by atoms with Crippen LogP contribution in [0.25, 0.3) is 11.4 Å². The summed E-state index contributed by atoms with van der Waals surface area (Å²) in [5.41, 5.74) is 1.97. The van der Waals surface area contributed by atoms with Gasteiger partial charge in [0.15, 0.2) is 5.82 Å². The zero-order chi connectivity index (χ0) is 13.4. The van der Waals surface area contributed by atoms with Crippen molar-refractivity contribution in [3.8, 4) is 17.1 Å². The van der Waals surface area contributed by atoms with E-state index in [1.54, 1.807) is 12.1 Å². The molecule has 1 aromatic carbocycles. The third-order valence-corrected chi connectivity index (χ3v) is 4.25. The van der Waals surface area contributed by atoms with Gasteiger partial charge in [-0.2, -0.15) is 0 Å². The molecule has 4 nitrogen and oxygen atoms in total. The van der Waals surface area contributed by atoms with Crippen molar-refractivity contribution in [3.63, 3.8) is 0 Å². The van der Waals surface area contributed by atoms with Gasteiger partial charge in [-0.15, -0.1) is 0 Å². The van der Waals surface area contributed by atoms with Crippen molar-refractivity contribution < 1.29 is 5.11 Å². The molecule has 1 fully saturated rings. The molecule has 1 aliphatic rings. The molecule has 0 aliphatic heterocycles. The zero-order valence-electron chi connectivity index (χ0n) is 10.5. The molecule has 2 N–H and O–H groups in total. The second-order valence-corrected chi connectivity index (χ2v) is 5.75. The number of hydrogen-bond donors (Lipinski definition) is 2. The number of hydrogen-bond acceptors (Lipinski definition) is 4. The molecule has 3 rings (SSSR count). The SMILES string of the molecule is CNc1nc(-c2cccc(O)c2)nc(C2CC2)c1I. The zero-order valence-corrected chi connectivity index (χ0v) is 12.7. The molecule has 19 heavy (non-hydrogen) atoms. The molecular weight excluding hydrogens is 353 g/mol. The van der Waals surface area contributed by atoms with E-state index >= 15 is 0 Å². The molecule has 98 valence electrons. The number of anilines is 1. The van der Waals surface area contributed by atoms with Crippen molar-refractivity contribution in [3.05, 3.63) is 33.5 Å². The van der Waals surface area contributed by atoms with Crippen molar-refractivity contribution in [1.82, 2.24) is 9.97 Å². The average molecular weight is 367 g/mol. The largest absolute Gasteiger partial charge is 0.508 e. The number of aromatic nitrogens is 2. The summed E-state index contributed by atoms with van der Waals surface area (Å²) in [6.07, 6.45) is 2.41. The highest BCUT2D eigenvalue weighted by Crippen LogP contribution is 2.42. The topological polar surface area (TPSA) is 58.0 Å². The number of nitrogens with zero attached hydrogens (tertiary/aromatic N) is 2. The lowest BCUT2D eigenvalue weighted by Crippen LogP contribution is -2.04. The Kier molecular flexibility index (Phi) is 3.30. The van der Waals surface area contributed by atoms with Crippen LogP contribution in [0.3, 0.4) is 0 Å². The highest BCUT2D eigenvalue weighted by Gasteiger charge is 2.29. The minimum absolute atomic E-state index is 0.235. The summed E-state index contributed by atoms with van der Waals surface area (Å²) in [6, 6.07) is 7.06. The number of nitrogens with one attached hydrogen (secondary N) is 1. The van der Waals surface area contributed by atoms with Crippen LogP contribution in [-0.4, -0.2) is 22.1 Å². The van der Waals surface area contributed by atoms with Gasteiger partial charge in [0, 0.05) is 18.5 Å². The first kappa shape index (κ1) is 12.7. The molecule has 1 aromatic heterocycles. The first-order valence-corrected chi connectivity index (χ1v) is 7.31. The van der Waals surface area contributed by atoms with Gasteiger partial charge >= 0.3 is 0 Å². The lowest BCUT2D eigenvalue weighted by molar-refractivity contribution is 0.475. The smallest absolute Gasteiger partial charge is 0.161 e. The van der Waals surface area contributed by atoms with E-state index in [0.717, 1.165) is 20.6 Å². The summed E-state index contributed by atoms with van der Waals surface area (Å²) >= 11 is 2.30. The third kappa shape index (κ3) is 2.51. The van der Waals surface area contributed by atoms with Crippen LogP contribution in [0.15, 0.2) is 24.3 Å². The van der Waals surface area contributed by atoms with Crippen molar-refractivity contribution in [2.24, 2.45) is 0 Å². The van der Waals surface area contributed by atoms with Gasteiger partial charge in [-0.25, -0.2) is 9.97 Å². The van der Waals surface area contributed by atoms with Crippen LogP contribution in [0, 0.1) is 3.57 Å². The fraction of sp³-hybridized carbons (Fsp3) is 0.286. The van der Waals surface area contributed by atoms with Gasteiger partial charge in [0.05, 0.1) is 9.26 Å². The molecule has 0 unspecified atom stereocenters. The summed E-state index contributed by atoms with van der Waals surface area (Å²) in [5.74, 6) is 2.33. The van der Waals surface area contributed by atoms with Crippen LogP contribution in [-0.2, 0) is 0 Å². The Morgan fingerprint density at radius 3 is 2.74 bits per heavy atom. The highest BCUT2D eigenvalue weighted by molar-refractivity contribution is 14.1. The lowest BCUT2D eigenvalue weighted by atomic mass is 10.2. The third-order valence-electron chi connectivity index (χ3n) is 3.18. The second kappa shape index (κ2) is 4.96. The second-order valence-electron chi connectivity index (χ2n) is 4.67. The van der Waals surface area contributed by atoms with E-state index in [4.69, 9.17) is 0 Å². The predicted molar refractivity (Wildman–Crippen MR) is 83.4 cm³/mol. The van der Waals surface area contributed by atoms with Crippen LogP contribution in [0.5, 0.6) is 5.75 Å². The number of phenols is 1. The van der Waals surface area contributed by atoms with Crippen molar-refractivity contribution in [2.45, 2.75) is 18.8 Å². The number of rotatable bonds is 3. The van der Waals surface area contributed by atoms with Gasteiger partial charge in [0.25, 0.3) is 0 Å². The molecule has 0 radical (unpaired) electrons. The Hall–Kier alpha value is -1.37. The Morgan fingerprint density at radius 2 is 2.11 bits per heavy atom. The summed E-state index contributed by atoms with van der Waals surface area (Å²) in [5, 5.41) is 12.7. The minimum Gasteiger partial charge on any atom is -0.508 e. The van der Waals surface area contributed by atoms with Gasteiger partial charge < -0.3 is 10.4 Å². The molecule has 1 saturated carbocycles. The Balaban J connectivity index is 2.13. The maximum absolute atomic E-state index is 9.57. The molecule has 0 spiro atoms. The summed E-state index contributed by atoms with van der Waals surface area (Å²) < 4.78 is 1.10. The summed E-state index contributed by atoms with van der Waals surface area (Å²) in [6.45, 7) is 0. The molecule has 0 bridgehead atoms. The van der Waals surface area contributed by atoms with Gasteiger partial charge in [0.1, 0.15) is 11.6 Å². The maximum atomic E-state index is 9.57. The fourth-order valence-electron chi connectivity index (χ4n) is 2.03. The number of benzene rings is 1. The Labute approximate surface area is 125 Å². The van der Waals surface area contributed by atoms with Gasteiger partial charge in [-0.1, -0.05) is 12.1 Å². The van der Waals surface area contributed by atoms with Crippen molar-refractivity contribution in [1.29, 1.82) is 0 Å². The number of aromatic hydroxyl groups is 1. The predicted octanol–water partition coefficient (Wildman–Crippen LogP) is 3.37. The van der Waals surface area contributed by atoms with Gasteiger partial charge in [-0.05, 0) is 47.6 Å². The standard InChI is InChI=1S/C14H14IN3O/c1-16-14-11(15)12(8-5-6-8)17-13(18-14)9-3-2-4-10(19)7-9/h2-4,7-8,19H,5-6H2,1H3,(H,16,17,18). The van der Waals surface area contributed by atoms with E-state index in [0.29, 0.717) is 11.7 Å². The van der Waals surface area contributed by atoms with Crippen LogP contribution in [0.1, 0.15) is 24.5 Å². The average Bonchev–Trinajstić information content (AvgIpc) is 3.23. The fourth-order valence-corrected chi connectivity index (χ4v) is 2.98. The Morgan fingerprint density at radius 1 is 1.32 bits per heavy atom. The summed E-state index contributed by atoms with van der Waals surface area (Å²) in [4.78, 5) is 9.22. The first-order valence-electron chi connectivity index (χ1n) is 6.23.